The highest BCUT2D eigenvalue weighted by Gasteiger charge is 2.50. The lowest BCUT2D eigenvalue weighted by atomic mass is 10.0. The summed E-state index contributed by atoms with van der Waals surface area (Å²) in [5.74, 6) is -0.476. The number of benzene rings is 1. The third-order valence-electron chi connectivity index (χ3n) is 2.47. The first-order chi connectivity index (χ1) is 8.65. The third kappa shape index (κ3) is 4.13. The Morgan fingerprint density at radius 2 is 2.05 bits per heavy atom. The Labute approximate surface area is 108 Å². The van der Waals surface area contributed by atoms with Gasteiger partial charge in [-0.2, -0.15) is 13.2 Å². The van der Waals surface area contributed by atoms with Gasteiger partial charge in [-0.25, -0.2) is 0 Å². The molecule has 1 rings (SSSR count). The molecule has 1 atom stereocenters. The lowest BCUT2D eigenvalue weighted by Crippen LogP contribution is -2.44. The van der Waals surface area contributed by atoms with Crippen LogP contribution in [0.4, 0.5) is 18.9 Å². The fourth-order valence-corrected chi connectivity index (χ4v) is 1.32. The second-order valence-corrected chi connectivity index (χ2v) is 4.23. The Morgan fingerprint density at radius 1 is 1.42 bits per heavy atom. The smallest absolute Gasteiger partial charge is 0.417 e. The number of nitrogens with one attached hydrogen (secondary N) is 1. The summed E-state index contributed by atoms with van der Waals surface area (Å²) in [5.41, 5.74) is -2.77. The van der Waals surface area contributed by atoms with Gasteiger partial charge in [-0.1, -0.05) is 6.07 Å². The first-order valence-corrected chi connectivity index (χ1v) is 5.39. The standard InChI is InChI=1S/C12H14F3NO3/c1-11(18,12(13,14)15)7-10(17)16-8-4-3-5-9(6-8)19-2/h3-6,18H,7H2,1-2H3,(H,16,17)/t11-/m0/s1. The molecule has 0 saturated heterocycles. The number of hydrogen-bond donors (Lipinski definition) is 2. The highest BCUT2D eigenvalue weighted by atomic mass is 19.4. The molecule has 19 heavy (non-hydrogen) atoms. The Morgan fingerprint density at radius 3 is 2.58 bits per heavy atom. The predicted molar refractivity (Wildman–Crippen MR) is 62.9 cm³/mol. The van der Waals surface area contributed by atoms with E-state index < -0.39 is 24.1 Å². The number of methoxy groups -OCH3 is 1. The molecule has 0 aliphatic carbocycles. The zero-order valence-corrected chi connectivity index (χ0v) is 10.4. The van der Waals surface area contributed by atoms with Gasteiger partial charge in [0, 0.05) is 11.8 Å². The minimum atomic E-state index is -4.86. The molecule has 0 unspecified atom stereocenters. The number of hydrogen-bond acceptors (Lipinski definition) is 3. The van der Waals surface area contributed by atoms with Crippen molar-refractivity contribution in [2.24, 2.45) is 0 Å². The molecule has 1 aromatic carbocycles. The van der Waals surface area contributed by atoms with Gasteiger partial charge >= 0.3 is 6.18 Å². The monoisotopic (exact) mass is 277 g/mol. The first-order valence-electron chi connectivity index (χ1n) is 5.39. The second kappa shape index (κ2) is 5.48. The number of aliphatic hydroxyl groups is 1. The summed E-state index contributed by atoms with van der Waals surface area (Å²) >= 11 is 0. The van der Waals surface area contributed by atoms with Gasteiger partial charge in [-0.05, 0) is 19.1 Å². The molecule has 1 aromatic rings. The van der Waals surface area contributed by atoms with Gasteiger partial charge in [0.05, 0.1) is 13.5 Å². The maximum atomic E-state index is 12.4. The summed E-state index contributed by atoms with van der Waals surface area (Å²) in [6, 6.07) is 6.17. The Bertz CT molecular complexity index is 458. The van der Waals surface area contributed by atoms with E-state index in [-0.39, 0.29) is 0 Å². The maximum Gasteiger partial charge on any atom is 0.417 e. The van der Waals surface area contributed by atoms with Crippen LogP contribution in [0.2, 0.25) is 0 Å². The predicted octanol–water partition coefficient (Wildman–Crippen LogP) is 2.34. The average molecular weight is 277 g/mol. The van der Waals surface area contributed by atoms with Gasteiger partial charge in [-0.15, -0.1) is 0 Å². The number of alkyl halides is 3. The number of anilines is 1. The highest BCUT2D eigenvalue weighted by molar-refractivity contribution is 5.91. The van der Waals surface area contributed by atoms with E-state index in [4.69, 9.17) is 4.74 Å². The van der Waals surface area contributed by atoms with Crippen LogP contribution >= 0.6 is 0 Å². The van der Waals surface area contributed by atoms with E-state index >= 15 is 0 Å². The number of ether oxygens (including phenoxy) is 1. The second-order valence-electron chi connectivity index (χ2n) is 4.23. The molecule has 4 nitrogen and oxygen atoms in total. The summed E-state index contributed by atoms with van der Waals surface area (Å²) in [6.45, 7) is 0.554. The summed E-state index contributed by atoms with van der Waals surface area (Å²) in [6.07, 6.45) is -5.94. The van der Waals surface area contributed by atoms with Crippen molar-refractivity contribution in [1.82, 2.24) is 0 Å². The van der Waals surface area contributed by atoms with Crippen LogP contribution in [0.3, 0.4) is 0 Å². The van der Waals surface area contributed by atoms with Crippen molar-refractivity contribution in [1.29, 1.82) is 0 Å². The normalized spacial score (nSPS) is 14.6. The number of amides is 1. The molecule has 0 fully saturated rings. The van der Waals surface area contributed by atoms with Crippen LogP contribution in [0.1, 0.15) is 13.3 Å². The van der Waals surface area contributed by atoms with Crippen molar-refractivity contribution in [2.45, 2.75) is 25.1 Å². The molecule has 0 saturated carbocycles. The van der Waals surface area contributed by atoms with Gasteiger partial charge in [0.2, 0.25) is 5.91 Å². The molecule has 7 heteroatoms. The van der Waals surface area contributed by atoms with Crippen molar-refractivity contribution in [3.63, 3.8) is 0 Å². The van der Waals surface area contributed by atoms with E-state index in [9.17, 15) is 23.1 Å². The highest BCUT2D eigenvalue weighted by Crippen LogP contribution is 2.32. The van der Waals surface area contributed by atoms with Gasteiger partial charge < -0.3 is 15.2 Å². The van der Waals surface area contributed by atoms with E-state index in [2.05, 4.69) is 5.32 Å². The minimum Gasteiger partial charge on any atom is -0.497 e. The largest absolute Gasteiger partial charge is 0.497 e. The molecule has 106 valence electrons. The fraction of sp³-hybridized carbons (Fsp3) is 0.417. The summed E-state index contributed by atoms with van der Waals surface area (Å²) in [4.78, 5) is 11.5. The number of carbonyl (C=O) groups excluding carboxylic acids is 1. The van der Waals surface area contributed by atoms with Crippen LogP contribution in [0.5, 0.6) is 5.75 Å². The molecular formula is C12H14F3NO3. The molecule has 0 aromatic heterocycles. The summed E-state index contributed by atoms with van der Waals surface area (Å²) < 4.78 is 42.1. The number of rotatable bonds is 4. The zero-order valence-electron chi connectivity index (χ0n) is 10.4. The van der Waals surface area contributed by atoms with Crippen molar-refractivity contribution in [2.75, 3.05) is 12.4 Å². The van der Waals surface area contributed by atoms with Crippen molar-refractivity contribution in [3.8, 4) is 5.75 Å². The molecule has 0 bridgehead atoms. The van der Waals surface area contributed by atoms with Gasteiger partial charge in [-0.3, -0.25) is 4.79 Å². The van der Waals surface area contributed by atoms with Crippen LogP contribution in [0.15, 0.2) is 24.3 Å². The van der Waals surface area contributed by atoms with Crippen molar-refractivity contribution >= 4 is 11.6 Å². The van der Waals surface area contributed by atoms with Crippen LogP contribution in [0, 0.1) is 0 Å². The first kappa shape index (κ1) is 15.3. The Balaban J connectivity index is 2.70. The third-order valence-corrected chi connectivity index (χ3v) is 2.47. The number of halogens is 3. The van der Waals surface area contributed by atoms with Crippen LogP contribution in [-0.4, -0.2) is 29.9 Å². The van der Waals surface area contributed by atoms with Gasteiger partial charge in [0.1, 0.15) is 5.75 Å². The summed E-state index contributed by atoms with van der Waals surface area (Å²) in [5, 5.41) is 11.5. The lowest BCUT2D eigenvalue weighted by molar-refractivity contribution is -0.252. The van der Waals surface area contributed by atoms with Gasteiger partial charge in [0.15, 0.2) is 5.60 Å². The van der Waals surface area contributed by atoms with Crippen molar-refractivity contribution in [3.05, 3.63) is 24.3 Å². The molecule has 0 aliphatic rings. The van der Waals surface area contributed by atoms with E-state index in [1.165, 1.54) is 19.2 Å². The Kier molecular flexibility index (Phi) is 4.41. The maximum absolute atomic E-state index is 12.4. The van der Waals surface area contributed by atoms with Crippen LogP contribution in [-0.2, 0) is 4.79 Å². The zero-order chi connectivity index (χ0) is 14.7. The van der Waals surface area contributed by atoms with Crippen LogP contribution in [0.25, 0.3) is 0 Å². The molecule has 2 N–H and O–H groups in total. The molecule has 0 heterocycles. The molecule has 0 radical (unpaired) electrons. The lowest BCUT2D eigenvalue weighted by Gasteiger charge is -2.25. The molecule has 0 spiro atoms. The summed E-state index contributed by atoms with van der Waals surface area (Å²) in [7, 11) is 1.43. The van der Waals surface area contributed by atoms with Crippen molar-refractivity contribution < 1.29 is 27.8 Å². The van der Waals surface area contributed by atoms with E-state index in [1.54, 1.807) is 12.1 Å². The molecule has 0 aliphatic heterocycles. The number of carbonyl (C=O) groups is 1. The van der Waals surface area contributed by atoms with Crippen LogP contribution < -0.4 is 10.1 Å². The van der Waals surface area contributed by atoms with E-state index in [0.717, 1.165) is 0 Å². The SMILES string of the molecule is COc1cccc(NC(=O)C[C@](C)(O)C(F)(F)F)c1. The average Bonchev–Trinajstić information content (AvgIpc) is 2.26. The minimum absolute atomic E-state index is 0.294. The quantitative estimate of drug-likeness (QED) is 0.888. The molecule has 1 amide bonds. The fourth-order valence-electron chi connectivity index (χ4n) is 1.32. The van der Waals surface area contributed by atoms with E-state index in [1.807, 2.05) is 0 Å². The van der Waals surface area contributed by atoms with E-state index in [0.29, 0.717) is 18.4 Å². The van der Waals surface area contributed by atoms with Gasteiger partial charge in [0.25, 0.3) is 0 Å². The topological polar surface area (TPSA) is 58.6 Å². The Hall–Kier alpha value is -1.76. The molecular weight excluding hydrogens is 263 g/mol.